The quantitative estimate of drug-likeness (QED) is 0.704. The molecule has 0 aliphatic carbocycles. The Morgan fingerprint density at radius 2 is 1.92 bits per heavy atom. The van der Waals surface area contributed by atoms with Crippen molar-refractivity contribution in [2.45, 2.75) is 30.8 Å². The maximum Gasteiger partial charge on any atom is 0.196 e. The van der Waals surface area contributed by atoms with Crippen molar-refractivity contribution in [3.8, 4) is 5.69 Å². The number of aryl methyl sites for hydroxylation is 1. The van der Waals surface area contributed by atoms with Gasteiger partial charge in [0.25, 0.3) is 0 Å². The summed E-state index contributed by atoms with van der Waals surface area (Å²) in [5, 5.41) is 10.3. The van der Waals surface area contributed by atoms with Gasteiger partial charge in [0.2, 0.25) is 0 Å². The number of thioether (sulfide) groups is 1. The monoisotopic (exact) mass is 359 g/mol. The van der Waals surface area contributed by atoms with E-state index in [0.29, 0.717) is 5.02 Å². The van der Waals surface area contributed by atoms with Crippen molar-refractivity contribution < 1.29 is 5.73 Å². The molecule has 3 aromatic rings. The van der Waals surface area contributed by atoms with Gasteiger partial charge in [0.1, 0.15) is 6.04 Å². The molecule has 0 aliphatic heterocycles. The van der Waals surface area contributed by atoms with Gasteiger partial charge in [0, 0.05) is 10.8 Å². The third-order valence-electron chi connectivity index (χ3n) is 3.72. The maximum absolute atomic E-state index is 6.21. The van der Waals surface area contributed by atoms with Crippen molar-refractivity contribution in [1.29, 1.82) is 0 Å². The van der Waals surface area contributed by atoms with E-state index >= 15 is 0 Å². The average Bonchev–Trinajstić information content (AvgIpc) is 3.00. The molecule has 0 saturated heterocycles. The molecular weight excluding hydrogens is 340 g/mol. The Labute approximate surface area is 151 Å². The lowest BCUT2D eigenvalue weighted by atomic mass is 10.2. The zero-order valence-corrected chi connectivity index (χ0v) is 15.3. The van der Waals surface area contributed by atoms with Crippen LogP contribution in [0.1, 0.15) is 29.9 Å². The molecule has 0 unspecified atom stereocenters. The second kappa shape index (κ2) is 7.38. The van der Waals surface area contributed by atoms with E-state index < -0.39 is 0 Å². The molecule has 124 valence electrons. The summed E-state index contributed by atoms with van der Waals surface area (Å²) in [6.07, 6.45) is 0. The van der Waals surface area contributed by atoms with Gasteiger partial charge in [0.05, 0.1) is 5.69 Å². The first-order valence-electron chi connectivity index (χ1n) is 7.78. The molecule has 0 fully saturated rings. The van der Waals surface area contributed by atoms with E-state index in [1.54, 1.807) is 11.8 Å². The van der Waals surface area contributed by atoms with Crippen LogP contribution in [0.15, 0.2) is 53.7 Å². The molecule has 4 nitrogen and oxygen atoms in total. The lowest BCUT2D eigenvalue weighted by Crippen LogP contribution is -2.52. The lowest BCUT2D eigenvalue weighted by molar-refractivity contribution is -0.422. The Hall–Kier alpha value is -1.82. The van der Waals surface area contributed by atoms with E-state index in [2.05, 4.69) is 39.6 Å². The second-order valence-electron chi connectivity index (χ2n) is 5.78. The number of quaternary nitrogens is 1. The Morgan fingerprint density at radius 1 is 1.17 bits per heavy atom. The van der Waals surface area contributed by atoms with Crippen LogP contribution in [0.2, 0.25) is 5.02 Å². The molecule has 0 amide bonds. The fourth-order valence-corrected chi connectivity index (χ4v) is 3.54. The SMILES string of the molecule is Cc1ccc(Cl)cc1-n1c(SCc2ccccc2)nnc1[C@@H](C)[NH3+]. The molecule has 0 saturated carbocycles. The summed E-state index contributed by atoms with van der Waals surface area (Å²) in [5.41, 5.74) is 7.50. The number of hydrogen-bond acceptors (Lipinski definition) is 3. The summed E-state index contributed by atoms with van der Waals surface area (Å²) in [5.74, 6) is 1.68. The summed E-state index contributed by atoms with van der Waals surface area (Å²) in [4.78, 5) is 0. The van der Waals surface area contributed by atoms with Crippen LogP contribution < -0.4 is 5.73 Å². The maximum atomic E-state index is 6.21. The standard InChI is InChI=1S/C18H19ClN4S/c1-12-8-9-15(19)10-16(12)23-17(13(2)20)21-22-18(23)24-11-14-6-4-3-5-7-14/h3-10,13H,11,20H2,1-2H3/p+1/t13-/m1/s1. The summed E-state index contributed by atoms with van der Waals surface area (Å²) < 4.78 is 2.08. The molecule has 2 aromatic carbocycles. The zero-order valence-electron chi connectivity index (χ0n) is 13.7. The van der Waals surface area contributed by atoms with Gasteiger partial charge in [-0.05, 0) is 37.1 Å². The summed E-state index contributed by atoms with van der Waals surface area (Å²) >= 11 is 7.88. The van der Waals surface area contributed by atoms with Gasteiger partial charge in [-0.25, -0.2) is 0 Å². The van der Waals surface area contributed by atoms with Gasteiger partial charge in [-0.15, -0.1) is 10.2 Å². The van der Waals surface area contributed by atoms with E-state index in [4.69, 9.17) is 11.6 Å². The molecule has 0 spiro atoms. The summed E-state index contributed by atoms with van der Waals surface area (Å²) in [6.45, 7) is 4.08. The third kappa shape index (κ3) is 3.64. The minimum atomic E-state index is 0.0296. The smallest absolute Gasteiger partial charge is 0.196 e. The van der Waals surface area contributed by atoms with Crippen LogP contribution in [-0.2, 0) is 5.75 Å². The van der Waals surface area contributed by atoms with E-state index in [9.17, 15) is 0 Å². The highest BCUT2D eigenvalue weighted by Gasteiger charge is 2.20. The first-order chi connectivity index (χ1) is 11.6. The number of benzene rings is 2. The topological polar surface area (TPSA) is 58.4 Å². The van der Waals surface area contributed by atoms with Crippen LogP contribution >= 0.6 is 23.4 Å². The Morgan fingerprint density at radius 3 is 2.62 bits per heavy atom. The number of hydrogen-bond donors (Lipinski definition) is 1. The molecule has 3 rings (SSSR count). The molecule has 24 heavy (non-hydrogen) atoms. The number of nitrogens with zero attached hydrogens (tertiary/aromatic N) is 3. The van der Waals surface area contributed by atoms with Gasteiger partial charge in [-0.2, -0.15) is 0 Å². The molecule has 0 radical (unpaired) electrons. The minimum Gasteiger partial charge on any atom is -0.349 e. The van der Waals surface area contributed by atoms with Crippen LogP contribution in [0.3, 0.4) is 0 Å². The molecule has 6 heteroatoms. The largest absolute Gasteiger partial charge is 0.349 e. The van der Waals surface area contributed by atoms with Crippen LogP contribution in [0, 0.1) is 6.92 Å². The summed E-state index contributed by atoms with van der Waals surface area (Å²) in [7, 11) is 0. The van der Waals surface area contributed by atoms with E-state index in [1.807, 2.05) is 43.3 Å². The van der Waals surface area contributed by atoms with Gasteiger partial charge < -0.3 is 5.73 Å². The van der Waals surface area contributed by atoms with Crippen molar-refractivity contribution in [2.24, 2.45) is 0 Å². The van der Waals surface area contributed by atoms with Gasteiger partial charge in [-0.1, -0.05) is 59.8 Å². The van der Waals surface area contributed by atoms with Crippen LogP contribution in [0.5, 0.6) is 0 Å². The fourth-order valence-electron chi connectivity index (χ4n) is 2.47. The van der Waals surface area contributed by atoms with Gasteiger partial charge in [0.15, 0.2) is 11.0 Å². The van der Waals surface area contributed by atoms with Crippen molar-refractivity contribution in [1.82, 2.24) is 14.8 Å². The van der Waals surface area contributed by atoms with Gasteiger partial charge in [-0.3, -0.25) is 4.57 Å². The number of rotatable bonds is 5. The van der Waals surface area contributed by atoms with E-state index in [0.717, 1.165) is 28.0 Å². The van der Waals surface area contributed by atoms with Crippen LogP contribution in [0.4, 0.5) is 0 Å². The molecule has 1 atom stereocenters. The van der Waals surface area contributed by atoms with Gasteiger partial charge >= 0.3 is 0 Å². The predicted octanol–water partition coefficient (Wildman–Crippen LogP) is 3.82. The molecule has 1 aromatic heterocycles. The minimum absolute atomic E-state index is 0.0296. The number of halogens is 1. The summed E-state index contributed by atoms with van der Waals surface area (Å²) in [6, 6.07) is 16.2. The third-order valence-corrected chi connectivity index (χ3v) is 4.96. The van der Waals surface area contributed by atoms with Crippen molar-refractivity contribution in [3.05, 3.63) is 70.5 Å². The highest BCUT2D eigenvalue weighted by molar-refractivity contribution is 7.98. The average molecular weight is 360 g/mol. The first-order valence-corrected chi connectivity index (χ1v) is 9.14. The highest BCUT2D eigenvalue weighted by atomic mass is 35.5. The van der Waals surface area contributed by atoms with Crippen molar-refractivity contribution >= 4 is 23.4 Å². The van der Waals surface area contributed by atoms with Crippen molar-refractivity contribution in [2.75, 3.05) is 0 Å². The molecule has 0 aliphatic rings. The highest BCUT2D eigenvalue weighted by Crippen LogP contribution is 2.29. The molecule has 0 bridgehead atoms. The Balaban J connectivity index is 2.00. The predicted molar refractivity (Wildman–Crippen MR) is 98.4 cm³/mol. The normalized spacial score (nSPS) is 12.3. The molecule has 1 heterocycles. The van der Waals surface area contributed by atoms with E-state index in [1.165, 1.54) is 5.56 Å². The Kier molecular flexibility index (Phi) is 5.23. The van der Waals surface area contributed by atoms with E-state index in [-0.39, 0.29) is 6.04 Å². The van der Waals surface area contributed by atoms with Crippen molar-refractivity contribution in [3.63, 3.8) is 0 Å². The second-order valence-corrected chi connectivity index (χ2v) is 7.16. The molecular formula is C18H20ClN4S+. The van der Waals surface area contributed by atoms with Crippen LogP contribution in [0.25, 0.3) is 5.69 Å². The fraction of sp³-hybridized carbons (Fsp3) is 0.222. The number of aromatic nitrogens is 3. The first kappa shape index (κ1) is 17.0. The molecule has 3 N–H and O–H groups in total. The Bertz CT molecular complexity index is 830. The van der Waals surface area contributed by atoms with Crippen LogP contribution in [-0.4, -0.2) is 14.8 Å². The lowest BCUT2D eigenvalue weighted by Gasteiger charge is -2.13. The zero-order chi connectivity index (χ0) is 17.1.